The number of para-hydroxylation sites is 1. The van der Waals surface area contributed by atoms with E-state index in [4.69, 9.17) is 15.2 Å². The molecule has 2 aromatic rings. The van der Waals surface area contributed by atoms with Crippen LogP contribution in [0.4, 0.5) is 0 Å². The molecule has 2 N–H and O–H groups in total. The number of carbonyl (C=O) groups excluding carboxylic acids is 1. The Kier molecular flexibility index (Phi) is 9.03. The third-order valence-corrected chi connectivity index (χ3v) is 3.89. The van der Waals surface area contributed by atoms with Crippen molar-refractivity contribution in [1.29, 1.82) is 0 Å². The number of hydrogen-bond acceptors (Lipinski definition) is 4. The molecule has 25 heavy (non-hydrogen) atoms. The van der Waals surface area contributed by atoms with Crippen LogP contribution in [-0.4, -0.2) is 24.7 Å². The number of ether oxygens (including phenoxy) is 2. The van der Waals surface area contributed by atoms with Gasteiger partial charge in [-0.3, -0.25) is 4.79 Å². The zero-order chi connectivity index (χ0) is 17.4. The molecule has 2 rings (SSSR count). The third kappa shape index (κ3) is 7.16. The van der Waals surface area contributed by atoms with Gasteiger partial charge in [-0.05, 0) is 38.0 Å². The fourth-order valence-electron chi connectivity index (χ4n) is 2.38. The van der Waals surface area contributed by atoms with Crippen molar-refractivity contribution in [1.82, 2.24) is 0 Å². The summed E-state index contributed by atoms with van der Waals surface area (Å²) in [6, 6.07) is 19.1. The summed E-state index contributed by atoms with van der Waals surface area (Å²) >= 11 is 0. The highest BCUT2D eigenvalue weighted by molar-refractivity contribution is 5.85. The first kappa shape index (κ1) is 21.0. The van der Waals surface area contributed by atoms with E-state index >= 15 is 0 Å². The second-order valence-electron chi connectivity index (χ2n) is 6.00. The van der Waals surface area contributed by atoms with E-state index in [2.05, 4.69) is 12.1 Å². The minimum absolute atomic E-state index is 0. The first-order valence-corrected chi connectivity index (χ1v) is 8.24. The van der Waals surface area contributed by atoms with Gasteiger partial charge in [0, 0.05) is 5.92 Å². The second-order valence-corrected chi connectivity index (χ2v) is 6.00. The van der Waals surface area contributed by atoms with E-state index in [1.807, 2.05) is 55.5 Å². The number of halogens is 1. The molecule has 0 aromatic heterocycles. The smallest absolute Gasteiger partial charge is 0.322 e. The van der Waals surface area contributed by atoms with Crippen molar-refractivity contribution in [3.05, 3.63) is 66.2 Å². The lowest BCUT2D eigenvalue weighted by Crippen LogP contribution is -2.36. The summed E-state index contributed by atoms with van der Waals surface area (Å²) in [5.74, 6) is 0.455. The molecule has 0 saturated carbocycles. The Balaban J connectivity index is 0.00000312. The lowest BCUT2D eigenvalue weighted by Gasteiger charge is -2.25. The van der Waals surface area contributed by atoms with Crippen LogP contribution in [0.2, 0.25) is 0 Å². The van der Waals surface area contributed by atoms with Gasteiger partial charge in [-0.15, -0.1) is 12.4 Å². The molecule has 0 heterocycles. The number of esters is 1. The SMILES string of the molecule is CC(N)C(=O)OC(C)C(COc1ccccc1)Cc1ccccc1.Cl. The standard InChI is InChI=1S/C20H25NO3.ClH/c1-15(21)20(22)24-16(2)18(13-17-9-5-3-6-10-17)14-23-19-11-7-4-8-12-19;/h3-12,15-16,18H,13-14,21H2,1-2H3;1H. The largest absolute Gasteiger partial charge is 0.493 e. The fourth-order valence-corrected chi connectivity index (χ4v) is 2.38. The molecule has 0 radical (unpaired) electrons. The van der Waals surface area contributed by atoms with Gasteiger partial charge < -0.3 is 15.2 Å². The third-order valence-electron chi connectivity index (χ3n) is 3.89. The number of benzene rings is 2. The summed E-state index contributed by atoms with van der Waals surface area (Å²) in [4.78, 5) is 11.8. The van der Waals surface area contributed by atoms with E-state index < -0.39 is 6.04 Å². The van der Waals surface area contributed by atoms with E-state index in [-0.39, 0.29) is 30.4 Å². The zero-order valence-electron chi connectivity index (χ0n) is 14.6. The van der Waals surface area contributed by atoms with Crippen molar-refractivity contribution in [3.8, 4) is 5.75 Å². The first-order chi connectivity index (χ1) is 11.6. The summed E-state index contributed by atoms with van der Waals surface area (Å²) in [5.41, 5.74) is 6.78. The average Bonchev–Trinajstić information content (AvgIpc) is 2.60. The summed E-state index contributed by atoms with van der Waals surface area (Å²) < 4.78 is 11.4. The van der Waals surface area contributed by atoms with Gasteiger partial charge >= 0.3 is 5.97 Å². The summed E-state index contributed by atoms with van der Waals surface area (Å²) in [5, 5.41) is 0. The van der Waals surface area contributed by atoms with Crippen molar-refractivity contribution >= 4 is 18.4 Å². The minimum atomic E-state index is -0.625. The summed E-state index contributed by atoms with van der Waals surface area (Å²) in [6.07, 6.45) is 0.480. The minimum Gasteiger partial charge on any atom is -0.493 e. The molecular weight excluding hydrogens is 338 g/mol. The summed E-state index contributed by atoms with van der Waals surface area (Å²) in [7, 11) is 0. The first-order valence-electron chi connectivity index (χ1n) is 8.24. The van der Waals surface area contributed by atoms with E-state index in [0.29, 0.717) is 6.61 Å². The number of carbonyl (C=O) groups is 1. The molecule has 5 heteroatoms. The molecule has 0 aliphatic heterocycles. The molecule has 0 saturated heterocycles. The van der Waals surface area contributed by atoms with Crippen LogP contribution in [0.1, 0.15) is 19.4 Å². The number of nitrogens with two attached hydrogens (primary N) is 1. The Morgan fingerprint density at radius 1 is 1.00 bits per heavy atom. The lowest BCUT2D eigenvalue weighted by molar-refractivity contribution is -0.152. The molecule has 0 aliphatic carbocycles. The fraction of sp³-hybridized carbons (Fsp3) is 0.350. The molecule has 0 aliphatic rings. The van der Waals surface area contributed by atoms with Gasteiger partial charge in [0.25, 0.3) is 0 Å². The number of rotatable bonds is 8. The predicted molar refractivity (Wildman–Crippen MR) is 102 cm³/mol. The Labute approximate surface area is 155 Å². The van der Waals surface area contributed by atoms with Gasteiger partial charge in [-0.1, -0.05) is 48.5 Å². The molecule has 2 aromatic carbocycles. The summed E-state index contributed by atoms with van der Waals surface area (Å²) in [6.45, 7) is 3.98. The molecule has 0 fully saturated rings. The van der Waals surface area contributed by atoms with Gasteiger partial charge in [-0.2, -0.15) is 0 Å². The molecule has 0 spiro atoms. The van der Waals surface area contributed by atoms with Crippen LogP contribution in [-0.2, 0) is 16.0 Å². The molecule has 0 bridgehead atoms. The zero-order valence-corrected chi connectivity index (χ0v) is 15.4. The molecule has 3 unspecified atom stereocenters. The van der Waals surface area contributed by atoms with Crippen LogP contribution < -0.4 is 10.5 Å². The molecule has 136 valence electrons. The quantitative estimate of drug-likeness (QED) is 0.727. The van der Waals surface area contributed by atoms with Crippen LogP contribution in [0, 0.1) is 5.92 Å². The highest BCUT2D eigenvalue weighted by Crippen LogP contribution is 2.18. The van der Waals surface area contributed by atoms with E-state index in [1.54, 1.807) is 6.92 Å². The van der Waals surface area contributed by atoms with Crippen LogP contribution >= 0.6 is 12.4 Å². The van der Waals surface area contributed by atoms with Gasteiger partial charge in [0.05, 0.1) is 6.61 Å². The van der Waals surface area contributed by atoms with Gasteiger partial charge in [0.2, 0.25) is 0 Å². The molecular formula is C20H26ClNO3. The van der Waals surface area contributed by atoms with Gasteiger partial charge in [0.1, 0.15) is 17.9 Å². The lowest BCUT2D eigenvalue weighted by atomic mass is 9.95. The Hall–Kier alpha value is -2.04. The van der Waals surface area contributed by atoms with Crippen molar-refractivity contribution in [2.45, 2.75) is 32.4 Å². The van der Waals surface area contributed by atoms with Crippen molar-refractivity contribution in [3.63, 3.8) is 0 Å². The van der Waals surface area contributed by atoms with Crippen LogP contribution in [0.5, 0.6) is 5.75 Å². The van der Waals surface area contributed by atoms with Gasteiger partial charge in [-0.25, -0.2) is 0 Å². The van der Waals surface area contributed by atoms with Gasteiger partial charge in [0.15, 0.2) is 0 Å². The van der Waals surface area contributed by atoms with Crippen molar-refractivity contribution in [2.24, 2.45) is 11.7 Å². The van der Waals surface area contributed by atoms with E-state index in [1.165, 1.54) is 5.56 Å². The highest BCUT2D eigenvalue weighted by atomic mass is 35.5. The molecule has 3 atom stereocenters. The second kappa shape index (κ2) is 10.7. The number of hydrogen-bond donors (Lipinski definition) is 1. The van der Waals surface area contributed by atoms with E-state index in [0.717, 1.165) is 12.2 Å². The Bertz CT molecular complexity index is 619. The normalized spacial score (nSPS) is 13.9. The molecule has 0 amide bonds. The van der Waals surface area contributed by atoms with E-state index in [9.17, 15) is 4.79 Å². The van der Waals surface area contributed by atoms with Crippen molar-refractivity contribution in [2.75, 3.05) is 6.61 Å². The Morgan fingerprint density at radius 2 is 1.56 bits per heavy atom. The maximum Gasteiger partial charge on any atom is 0.322 e. The predicted octanol–water partition coefficient (Wildman–Crippen LogP) is 3.63. The van der Waals surface area contributed by atoms with Crippen LogP contribution in [0.3, 0.4) is 0 Å². The molecule has 4 nitrogen and oxygen atoms in total. The van der Waals surface area contributed by atoms with Crippen LogP contribution in [0.15, 0.2) is 60.7 Å². The average molecular weight is 364 g/mol. The van der Waals surface area contributed by atoms with Crippen LogP contribution in [0.25, 0.3) is 0 Å². The van der Waals surface area contributed by atoms with Crippen molar-refractivity contribution < 1.29 is 14.3 Å². The maximum absolute atomic E-state index is 11.8. The highest BCUT2D eigenvalue weighted by Gasteiger charge is 2.23. The Morgan fingerprint density at radius 3 is 2.12 bits per heavy atom. The topological polar surface area (TPSA) is 61.6 Å². The monoisotopic (exact) mass is 363 g/mol. The maximum atomic E-state index is 11.8.